The van der Waals surface area contributed by atoms with Gasteiger partial charge in [0.25, 0.3) is 0 Å². The first-order chi connectivity index (χ1) is 9.23. The molecule has 1 rings (SSSR count). The number of phenolic OH excluding ortho intramolecular Hbond substituents is 1. The normalized spacial score (nSPS) is 11.2. The van der Waals surface area contributed by atoms with Crippen molar-refractivity contribution in [2.24, 2.45) is 5.73 Å². The zero-order valence-electron chi connectivity index (χ0n) is 12.6. The van der Waals surface area contributed by atoms with Crippen LogP contribution in [0.4, 0.5) is 0 Å². The predicted octanol–water partition coefficient (Wildman–Crippen LogP) is 1.88. The lowest BCUT2D eigenvalue weighted by atomic mass is 10.00. The second-order valence-corrected chi connectivity index (χ2v) is 5.74. The van der Waals surface area contributed by atoms with Crippen LogP contribution in [0.15, 0.2) is 18.2 Å². The molecule has 0 saturated heterocycles. The maximum absolute atomic E-state index is 12.0. The van der Waals surface area contributed by atoms with Crippen molar-refractivity contribution in [2.75, 3.05) is 14.2 Å². The molecule has 0 bridgehead atoms. The number of rotatable bonds is 6. The molecule has 112 valence electrons. The molecule has 5 nitrogen and oxygen atoms in total. The molecule has 5 heteroatoms. The molecule has 0 aliphatic carbocycles. The van der Waals surface area contributed by atoms with E-state index in [4.69, 9.17) is 10.5 Å². The summed E-state index contributed by atoms with van der Waals surface area (Å²) in [6, 6.07) is 5.07. The number of carbonyl (C=O) groups excluding carboxylic acids is 1. The van der Waals surface area contributed by atoms with Gasteiger partial charge < -0.3 is 20.5 Å². The predicted molar refractivity (Wildman–Crippen MR) is 78.6 cm³/mol. The first-order valence-electron chi connectivity index (χ1n) is 6.61. The van der Waals surface area contributed by atoms with Gasteiger partial charge in [-0.25, -0.2) is 0 Å². The van der Waals surface area contributed by atoms with Crippen molar-refractivity contribution in [1.82, 2.24) is 4.90 Å². The van der Waals surface area contributed by atoms with Crippen molar-refractivity contribution in [3.05, 3.63) is 23.8 Å². The Bertz CT molecular complexity index is 467. The molecule has 0 aromatic heterocycles. The molecule has 0 radical (unpaired) electrons. The third kappa shape index (κ3) is 5.09. The molecule has 0 heterocycles. The number of aromatic hydroxyl groups is 1. The lowest BCUT2D eigenvalue weighted by molar-refractivity contribution is -0.130. The van der Waals surface area contributed by atoms with Gasteiger partial charge in [0.15, 0.2) is 11.5 Å². The number of methoxy groups -OCH3 is 1. The molecule has 3 N–H and O–H groups in total. The Hall–Kier alpha value is -1.75. The molecular weight excluding hydrogens is 256 g/mol. The van der Waals surface area contributed by atoms with Crippen LogP contribution in [-0.4, -0.2) is 35.6 Å². The number of carbonyl (C=O) groups is 1. The Morgan fingerprint density at radius 3 is 2.65 bits per heavy atom. The molecule has 20 heavy (non-hydrogen) atoms. The fourth-order valence-corrected chi connectivity index (χ4v) is 1.80. The third-order valence-corrected chi connectivity index (χ3v) is 3.07. The number of nitrogens with zero attached hydrogens (tertiary/aromatic N) is 1. The summed E-state index contributed by atoms with van der Waals surface area (Å²) in [4.78, 5) is 13.7. The highest BCUT2D eigenvalue weighted by Crippen LogP contribution is 2.26. The van der Waals surface area contributed by atoms with Gasteiger partial charge in [-0.05, 0) is 38.0 Å². The first kappa shape index (κ1) is 16.3. The zero-order chi connectivity index (χ0) is 15.3. The number of benzene rings is 1. The van der Waals surface area contributed by atoms with E-state index in [1.54, 1.807) is 30.1 Å². The van der Waals surface area contributed by atoms with Crippen LogP contribution in [-0.2, 0) is 11.3 Å². The number of amides is 1. The van der Waals surface area contributed by atoms with Gasteiger partial charge in [-0.2, -0.15) is 0 Å². The van der Waals surface area contributed by atoms with Crippen LogP contribution in [0.2, 0.25) is 0 Å². The van der Waals surface area contributed by atoms with Gasteiger partial charge in [-0.3, -0.25) is 4.79 Å². The second kappa shape index (κ2) is 6.61. The number of hydrogen-bond acceptors (Lipinski definition) is 4. The molecule has 0 spiro atoms. The van der Waals surface area contributed by atoms with Crippen molar-refractivity contribution >= 4 is 5.91 Å². The summed E-state index contributed by atoms with van der Waals surface area (Å²) in [5.74, 6) is 0.553. The Balaban J connectivity index is 2.61. The van der Waals surface area contributed by atoms with Crippen LogP contribution in [0.25, 0.3) is 0 Å². The Morgan fingerprint density at radius 2 is 2.10 bits per heavy atom. The average molecular weight is 280 g/mol. The van der Waals surface area contributed by atoms with E-state index in [0.29, 0.717) is 25.1 Å². The van der Waals surface area contributed by atoms with Gasteiger partial charge in [0.1, 0.15) is 0 Å². The summed E-state index contributed by atoms with van der Waals surface area (Å²) in [7, 11) is 3.25. The molecule has 1 aromatic rings. The van der Waals surface area contributed by atoms with Gasteiger partial charge in [0, 0.05) is 25.6 Å². The van der Waals surface area contributed by atoms with E-state index in [1.807, 2.05) is 13.8 Å². The monoisotopic (exact) mass is 280 g/mol. The van der Waals surface area contributed by atoms with E-state index in [9.17, 15) is 9.90 Å². The Morgan fingerprint density at radius 1 is 1.45 bits per heavy atom. The fourth-order valence-electron chi connectivity index (χ4n) is 1.80. The van der Waals surface area contributed by atoms with Gasteiger partial charge in [-0.15, -0.1) is 0 Å². The maximum atomic E-state index is 12.0. The minimum absolute atomic E-state index is 0.0515. The molecule has 0 unspecified atom stereocenters. The molecule has 0 saturated carbocycles. The Labute approximate surface area is 120 Å². The van der Waals surface area contributed by atoms with Crippen molar-refractivity contribution in [2.45, 2.75) is 38.8 Å². The van der Waals surface area contributed by atoms with Crippen LogP contribution in [0.1, 0.15) is 32.3 Å². The Kier molecular flexibility index (Phi) is 5.39. The summed E-state index contributed by atoms with van der Waals surface area (Å²) in [5, 5.41) is 9.53. The van der Waals surface area contributed by atoms with Crippen LogP contribution in [0.5, 0.6) is 11.5 Å². The van der Waals surface area contributed by atoms with Crippen LogP contribution in [0.3, 0.4) is 0 Å². The highest BCUT2D eigenvalue weighted by atomic mass is 16.5. The smallest absolute Gasteiger partial charge is 0.222 e. The molecule has 0 atom stereocenters. The highest BCUT2D eigenvalue weighted by molar-refractivity contribution is 5.76. The SMILES string of the molecule is COc1cc(CN(C)C(=O)CCC(C)(C)N)ccc1O. The second-order valence-electron chi connectivity index (χ2n) is 5.74. The standard InChI is InChI=1S/C15H24N2O3/c1-15(2,16)8-7-14(19)17(3)10-11-5-6-12(18)13(9-11)20-4/h5-6,9,18H,7-8,10,16H2,1-4H3. The summed E-state index contributed by atoms with van der Waals surface area (Å²) >= 11 is 0. The van der Waals surface area contributed by atoms with Crippen molar-refractivity contribution in [1.29, 1.82) is 0 Å². The van der Waals surface area contributed by atoms with Gasteiger partial charge >= 0.3 is 0 Å². The van der Waals surface area contributed by atoms with Crippen molar-refractivity contribution in [3.63, 3.8) is 0 Å². The van der Waals surface area contributed by atoms with Gasteiger partial charge in [-0.1, -0.05) is 6.07 Å². The van der Waals surface area contributed by atoms with Crippen LogP contribution >= 0.6 is 0 Å². The number of ether oxygens (including phenoxy) is 1. The topological polar surface area (TPSA) is 75.8 Å². The van der Waals surface area contributed by atoms with E-state index in [1.165, 1.54) is 7.11 Å². The minimum atomic E-state index is -0.335. The lowest BCUT2D eigenvalue weighted by Crippen LogP contribution is -2.34. The van der Waals surface area contributed by atoms with E-state index >= 15 is 0 Å². The molecule has 1 aromatic carbocycles. The van der Waals surface area contributed by atoms with Crippen LogP contribution < -0.4 is 10.5 Å². The van der Waals surface area contributed by atoms with E-state index in [0.717, 1.165) is 5.56 Å². The summed E-state index contributed by atoms with van der Waals surface area (Å²) in [6.45, 7) is 4.29. The third-order valence-electron chi connectivity index (χ3n) is 3.07. The van der Waals surface area contributed by atoms with E-state index in [2.05, 4.69) is 0 Å². The molecule has 1 amide bonds. The molecular formula is C15H24N2O3. The largest absolute Gasteiger partial charge is 0.504 e. The summed E-state index contributed by atoms with van der Waals surface area (Å²) in [6.07, 6.45) is 1.07. The van der Waals surface area contributed by atoms with Gasteiger partial charge in [0.2, 0.25) is 5.91 Å². The number of phenols is 1. The van der Waals surface area contributed by atoms with E-state index < -0.39 is 0 Å². The maximum Gasteiger partial charge on any atom is 0.222 e. The van der Waals surface area contributed by atoms with Crippen molar-refractivity contribution < 1.29 is 14.6 Å². The minimum Gasteiger partial charge on any atom is -0.504 e. The zero-order valence-corrected chi connectivity index (χ0v) is 12.6. The quantitative estimate of drug-likeness (QED) is 0.834. The summed E-state index contributed by atoms with van der Waals surface area (Å²) < 4.78 is 5.05. The van der Waals surface area contributed by atoms with E-state index in [-0.39, 0.29) is 17.2 Å². The number of hydrogen-bond donors (Lipinski definition) is 2. The van der Waals surface area contributed by atoms with Crippen LogP contribution in [0, 0.1) is 0 Å². The first-order valence-corrected chi connectivity index (χ1v) is 6.61. The molecule has 0 fully saturated rings. The lowest BCUT2D eigenvalue weighted by Gasteiger charge is -2.22. The van der Waals surface area contributed by atoms with Gasteiger partial charge in [0.05, 0.1) is 7.11 Å². The molecule has 0 aliphatic rings. The average Bonchev–Trinajstić information content (AvgIpc) is 2.37. The molecule has 0 aliphatic heterocycles. The van der Waals surface area contributed by atoms with Crippen molar-refractivity contribution in [3.8, 4) is 11.5 Å². The fraction of sp³-hybridized carbons (Fsp3) is 0.533. The highest BCUT2D eigenvalue weighted by Gasteiger charge is 2.16. The summed E-state index contributed by atoms with van der Waals surface area (Å²) in [5.41, 5.74) is 6.45. The number of nitrogens with two attached hydrogens (primary N) is 1.